The van der Waals surface area contributed by atoms with Gasteiger partial charge in [0.05, 0.1) is 0 Å². The maximum Gasteiger partial charge on any atom is -0.0162 e. The van der Waals surface area contributed by atoms with E-state index in [1.807, 2.05) is 0 Å². The van der Waals surface area contributed by atoms with E-state index in [-0.39, 0.29) is 0 Å². The molecule has 0 amide bonds. The summed E-state index contributed by atoms with van der Waals surface area (Å²) in [5.74, 6) is 0.861. The average molecular weight is 244 g/mol. The van der Waals surface area contributed by atoms with Crippen LogP contribution < -0.4 is 0 Å². The van der Waals surface area contributed by atoms with Crippen LogP contribution in [0.5, 0.6) is 0 Å². The normalized spacial score (nSPS) is 13.6. The molecule has 1 aliphatic rings. The van der Waals surface area contributed by atoms with Crippen molar-refractivity contribution in [3.63, 3.8) is 0 Å². The third-order valence-electron chi connectivity index (χ3n) is 2.88. The van der Waals surface area contributed by atoms with Crippen molar-refractivity contribution in [2.24, 2.45) is 0 Å². The zero-order chi connectivity index (χ0) is 14.2. The van der Waals surface area contributed by atoms with Gasteiger partial charge in [-0.15, -0.1) is 39.5 Å². The van der Waals surface area contributed by atoms with E-state index in [4.69, 9.17) is 0 Å². The first kappa shape index (κ1) is 18.8. The minimum Gasteiger partial charge on any atom is -0.106 e. The molecule has 0 nitrogen and oxygen atoms in total. The fraction of sp³-hybridized carbons (Fsp3) is 0.333. The lowest BCUT2D eigenvalue weighted by Crippen LogP contribution is -2.03. The first-order valence-electron chi connectivity index (χ1n) is 6.52. The molecular formula is C18H28. The average Bonchev–Trinajstić information content (AvgIpc) is 2.55. The van der Waals surface area contributed by atoms with Crippen molar-refractivity contribution in [3.8, 4) is 0 Å². The molecule has 1 aliphatic carbocycles. The summed E-state index contributed by atoms with van der Waals surface area (Å²) in [7, 11) is 0. The number of hydrogen-bond acceptors (Lipinski definition) is 0. The van der Waals surface area contributed by atoms with Gasteiger partial charge in [0.25, 0.3) is 0 Å². The molecule has 2 rings (SSSR count). The number of hydrogen-bond donors (Lipinski definition) is 0. The minimum absolute atomic E-state index is 0.861. The van der Waals surface area contributed by atoms with E-state index < -0.39 is 0 Å². The van der Waals surface area contributed by atoms with Crippen LogP contribution in [-0.2, 0) is 0 Å². The first-order chi connectivity index (χ1) is 8.97. The van der Waals surface area contributed by atoms with Crippen molar-refractivity contribution in [3.05, 3.63) is 75.4 Å². The van der Waals surface area contributed by atoms with Gasteiger partial charge in [0.2, 0.25) is 0 Å². The van der Waals surface area contributed by atoms with Crippen LogP contribution in [0.2, 0.25) is 0 Å². The Balaban J connectivity index is 0. The molecule has 0 atom stereocenters. The molecule has 0 N–H and O–H groups in total. The molecule has 0 unspecified atom stereocenters. The van der Waals surface area contributed by atoms with Crippen LogP contribution in [0.3, 0.4) is 0 Å². The maximum absolute atomic E-state index is 3.00. The SMILES string of the molecule is C=C.C=C.C=C.c1ccc(C2CCCCC2)cc1. The van der Waals surface area contributed by atoms with Gasteiger partial charge < -0.3 is 0 Å². The first-order valence-corrected chi connectivity index (χ1v) is 6.52. The smallest absolute Gasteiger partial charge is 0.0162 e. The van der Waals surface area contributed by atoms with Crippen molar-refractivity contribution in [2.45, 2.75) is 38.0 Å². The summed E-state index contributed by atoms with van der Waals surface area (Å²) in [6, 6.07) is 11.0. The van der Waals surface area contributed by atoms with E-state index in [0.29, 0.717) is 0 Å². The fourth-order valence-corrected chi connectivity index (χ4v) is 2.16. The summed E-state index contributed by atoms with van der Waals surface area (Å²) in [6.07, 6.45) is 7.12. The van der Waals surface area contributed by atoms with Crippen LogP contribution in [0.25, 0.3) is 0 Å². The Morgan fingerprint density at radius 1 is 0.667 bits per heavy atom. The highest BCUT2D eigenvalue weighted by Gasteiger charge is 2.14. The Morgan fingerprint density at radius 2 is 1.11 bits per heavy atom. The fourth-order valence-electron chi connectivity index (χ4n) is 2.16. The van der Waals surface area contributed by atoms with Crippen LogP contribution in [0, 0.1) is 0 Å². The summed E-state index contributed by atoms with van der Waals surface area (Å²) in [5, 5.41) is 0. The van der Waals surface area contributed by atoms with Crippen LogP contribution in [0.4, 0.5) is 0 Å². The molecule has 0 spiro atoms. The lowest BCUT2D eigenvalue weighted by atomic mass is 9.84. The van der Waals surface area contributed by atoms with Gasteiger partial charge >= 0.3 is 0 Å². The maximum atomic E-state index is 3.00. The predicted molar refractivity (Wildman–Crippen MR) is 86.0 cm³/mol. The Bertz CT molecular complexity index is 252. The summed E-state index contributed by atoms with van der Waals surface area (Å²) in [4.78, 5) is 0. The predicted octanol–water partition coefficient (Wildman–Crippen LogP) is 6.14. The van der Waals surface area contributed by atoms with Gasteiger partial charge in [-0.25, -0.2) is 0 Å². The van der Waals surface area contributed by atoms with E-state index in [2.05, 4.69) is 69.8 Å². The lowest BCUT2D eigenvalue weighted by molar-refractivity contribution is 0.443. The summed E-state index contributed by atoms with van der Waals surface area (Å²) >= 11 is 0. The molecule has 0 saturated heterocycles. The van der Waals surface area contributed by atoms with Crippen molar-refractivity contribution in [1.29, 1.82) is 0 Å². The Kier molecular flexibility index (Phi) is 16.1. The van der Waals surface area contributed by atoms with Crippen molar-refractivity contribution in [1.82, 2.24) is 0 Å². The molecule has 1 saturated carbocycles. The summed E-state index contributed by atoms with van der Waals surface area (Å²) in [6.45, 7) is 18.0. The topological polar surface area (TPSA) is 0 Å². The third-order valence-corrected chi connectivity index (χ3v) is 2.88. The second-order valence-electron chi connectivity index (χ2n) is 3.75. The molecule has 0 radical (unpaired) electrons. The molecule has 1 aromatic rings. The molecule has 1 aromatic carbocycles. The monoisotopic (exact) mass is 244 g/mol. The Labute approximate surface area is 114 Å². The standard InChI is InChI=1S/C12H16.3C2H4/c1-3-7-11(8-4-1)12-9-5-2-6-10-12;3*1-2/h1,3-4,7-8,12H,2,5-6,9-10H2;3*1-2H2. The highest BCUT2D eigenvalue weighted by atomic mass is 14.2. The van der Waals surface area contributed by atoms with Gasteiger partial charge in [-0.05, 0) is 24.3 Å². The molecular weight excluding hydrogens is 216 g/mol. The highest BCUT2D eigenvalue weighted by Crippen LogP contribution is 2.31. The molecule has 1 fully saturated rings. The Hall–Kier alpha value is -1.56. The van der Waals surface area contributed by atoms with Crippen molar-refractivity contribution < 1.29 is 0 Å². The van der Waals surface area contributed by atoms with Crippen molar-refractivity contribution in [2.75, 3.05) is 0 Å². The van der Waals surface area contributed by atoms with E-state index in [9.17, 15) is 0 Å². The molecule has 0 aromatic heterocycles. The zero-order valence-corrected chi connectivity index (χ0v) is 11.7. The summed E-state index contributed by atoms with van der Waals surface area (Å²) < 4.78 is 0. The highest BCUT2D eigenvalue weighted by molar-refractivity contribution is 5.19. The van der Waals surface area contributed by atoms with Crippen LogP contribution in [0.15, 0.2) is 69.8 Å². The van der Waals surface area contributed by atoms with Gasteiger partial charge in [-0.2, -0.15) is 0 Å². The largest absolute Gasteiger partial charge is 0.106 e. The van der Waals surface area contributed by atoms with Crippen LogP contribution in [-0.4, -0.2) is 0 Å². The van der Waals surface area contributed by atoms with Gasteiger partial charge in [0.1, 0.15) is 0 Å². The van der Waals surface area contributed by atoms with E-state index in [0.717, 1.165) is 5.92 Å². The minimum atomic E-state index is 0.861. The number of rotatable bonds is 1. The van der Waals surface area contributed by atoms with E-state index in [1.165, 1.54) is 32.1 Å². The van der Waals surface area contributed by atoms with Gasteiger partial charge in [-0.3, -0.25) is 0 Å². The lowest BCUT2D eigenvalue weighted by Gasteiger charge is -2.21. The second kappa shape index (κ2) is 15.4. The molecule has 18 heavy (non-hydrogen) atoms. The van der Waals surface area contributed by atoms with E-state index >= 15 is 0 Å². The van der Waals surface area contributed by atoms with Crippen molar-refractivity contribution >= 4 is 0 Å². The zero-order valence-electron chi connectivity index (χ0n) is 11.7. The number of benzene rings is 1. The van der Waals surface area contributed by atoms with Crippen LogP contribution in [0.1, 0.15) is 43.6 Å². The second-order valence-corrected chi connectivity index (χ2v) is 3.75. The van der Waals surface area contributed by atoms with Gasteiger partial charge in [-0.1, -0.05) is 49.6 Å². The quantitative estimate of drug-likeness (QED) is 0.520. The molecule has 0 aliphatic heterocycles. The molecule has 0 bridgehead atoms. The van der Waals surface area contributed by atoms with Crippen LogP contribution >= 0.6 is 0 Å². The molecule has 0 heterocycles. The molecule has 0 heteroatoms. The van der Waals surface area contributed by atoms with Gasteiger partial charge in [0, 0.05) is 0 Å². The molecule has 100 valence electrons. The third kappa shape index (κ3) is 7.67. The summed E-state index contributed by atoms with van der Waals surface area (Å²) in [5.41, 5.74) is 1.55. The Morgan fingerprint density at radius 3 is 1.56 bits per heavy atom. The van der Waals surface area contributed by atoms with Gasteiger partial charge in [0.15, 0.2) is 0 Å². The van der Waals surface area contributed by atoms with E-state index in [1.54, 1.807) is 5.56 Å².